The lowest BCUT2D eigenvalue weighted by Crippen LogP contribution is -2.26. The Balaban J connectivity index is 1.31. The highest BCUT2D eigenvalue weighted by atomic mass is 16.5. The lowest BCUT2D eigenvalue weighted by atomic mass is 9.72. The molecule has 0 spiro atoms. The van der Waals surface area contributed by atoms with Crippen molar-refractivity contribution in [2.24, 2.45) is 11.8 Å². The van der Waals surface area contributed by atoms with Crippen LogP contribution in [0, 0.1) is 11.8 Å². The van der Waals surface area contributed by atoms with Crippen LogP contribution < -0.4 is 9.47 Å². The van der Waals surface area contributed by atoms with Gasteiger partial charge >= 0.3 is 0 Å². The smallest absolute Gasteiger partial charge is 0.123 e. The van der Waals surface area contributed by atoms with Crippen molar-refractivity contribution < 1.29 is 14.2 Å². The minimum atomic E-state index is -0.0465. The van der Waals surface area contributed by atoms with Gasteiger partial charge in [-0.1, -0.05) is 113 Å². The number of allylic oxidation sites excluding steroid dienone is 8. The van der Waals surface area contributed by atoms with E-state index in [0.29, 0.717) is 11.8 Å². The van der Waals surface area contributed by atoms with E-state index in [1.54, 1.807) is 0 Å². The van der Waals surface area contributed by atoms with Gasteiger partial charge in [-0.05, 0) is 75.3 Å². The predicted octanol–water partition coefficient (Wildman–Crippen LogP) is 10.3. The van der Waals surface area contributed by atoms with E-state index in [9.17, 15) is 0 Å². The zero-order valence-electron chi connectivity index (χ0n) is 27.1. The zero-order valence-corrected chi connectivity index (χ0v) is 27.1. The number of hydrogen-bond acceptors (Lipinski definition) is 3. The van der Waals surface area contributed by atoms with Gasteiger partial charge in [0.15, 0.2) is 0 Å². The van der Waals surface area contributed by atoms with Crippen LogP contribution in [0.4, 0.5) is 0 Å². The number of benzene rings is 2. The first-order valence-electron chi connectivity index (χ1n) is 16.7. The molecule has 0 fully saturated rings. The van der Waals surface area contributed by atoms with Crippen LogP contribution in [0.1, 0.15) is 90.2 Å². The van der Waals surface area contributed by atoms with E-state index < -0.39 is 0 Å². The first-order valence-corrected chi connectivity index (χ1v) is 16.7. The van der Waals surface area contributed by atoms with E-state index >= 15 is 0 Å². The van der Waals surface area contributed by atoms with E-state index in [1.807, 2.05) is 0 Å². The van der Waals surface area contributed by atoms with Gasteiger partial charge in [0.05, 0.1) is 13.2 Å². The third kappa shape index (κ3) is 9.47. The Morgan fingerprint density at radius 3 is 1.42 bits per heavy atom. The summed E-state index contributed by atoms with van der Waals surface area (Å²) in [5.74, 6) is 3.32. The molecule has 0 N–H and O–H groups in total. The molecule has 43 heavy (non-hydrogen) atoms. The Hall–Kier alpha value is -3.04. The Kier molecular flexibility index (Phi) is 12.8. The van der Waals surface area contributed by atoms with E-state index in [2.05, 4.69) is 125 Å². The number of rotatable bonds is 18. The molecule has 3 nitrogen and oxygen atoms in total. The molecule has 2 aromatic carbocycles. The van der Waals surface area contributed by atoms with Gasteiger partial charge in [0.2, 0.25) is 0 Å². The molecule has 0 saturated carbocycles. The van der Waals surface area contributed by atoms with Crippen molar-refractivity contribution in [1.29, 1.82) is 0 Å². The summed E-state index contributed by atoms with van der Waals surface area (Å²) >= 11 is 0. The third-order valence-electron chi connectivity index (χ3n) is 8.86. The molecule has 4 rings (SSSR count). The molecule has 0 aliphatic heterocycles. The van der Waals surface area contributed by atoms with Gasteiger partial charge in [-0.2, -0.15) is 0 Å². The lowest BCUT2D eigenvalue weighted by Gasteiger charge is -2.34. The van der Waals surface area contributed by atoms with Crippen molar-refractivity contribution in [1.82, 2.24) is 0 Å². The summed E-state index contributed by atoms with van der Waals surface area (Å²) in [7, 11) is 0. The maximum absolute atomic E-state index is 6.32. The predicted molar refractivity (Wildman–Crippen MR) is 181 cm³/mol. The molecule has 0 amide bonds. The largest absolute Gasteiger partial charge is 0.493 e. The standard InChI is InChI=1S/C40H54O3/c1-33(2)21-31-42-37-19-9-7-17-35(37)39(23-11-5-12-24-39)27-15-29-41-30-16-28-40(25-13-6-14-26-40)36-18-8-10-20-38(36)43-32-22-34(3)4/h5-14,17-20,23,25,33-34H,15-16,21-22,24,26-32H2,1-4H3. The molecule has 232 valence electrons. The van der Waals surface area contributed by atoms with Crippen molar-refractivity contribution in [3.8, 4) is 11.5 Å². The molecule has 2 aliphatic rings. The Bertz CT molecular complexity index is 1140. The molecule has 0 aromatic heterocycles. The van der Waals surface area contributed by atoms with Crippen LogP contribution in [0.25, 0.3) is 0 Å². The summed E-state index contributed by atoms with van der Waals surface area (Å²) in [5.41, 5.74) is 2.50. The molecule has 2 atom stereocenters. The zero-order chi connectivity index (χ0) is 30.4. The molecule has 0 bridgehead atoms. The molecule has 0 saturated heterocycles. The summed E-state index contributed by atoms with van der Waals surface area (Å²) in [6.07, 6.45) is 26.3. The molecule has 0 heterocycles. The van der Waals surface area contributed by atoms with Crippen LogP contribution in [-0.4, -0.2) is 26.4 Å². The van der Waals surface area contributed by atoms with Gasteiger partial charge in [-0.3, -0.25) is 0 Å². The molecule has 0 radical (unpaired) electrons. The fourth-order valence-electron chi connectivity index (χ4n) is 6.27. The monoisotopic (exact) mass is 582 g/mol. The van der Waals surface area contributed by atoms with Crippen molar-refractivity contribution in [2.75, 3.05) is 26.4 Å². The summed E-state index contributed by atoms with van der Waals surface area (Å²) in [6, 6.07) is 17.3. The maximum atomic E-state index is 6.32. The Morgan fingerprint density at radius 2 is 1.02 bits per heavy atom. The van der Waals surface area contributed by atoms with E-state index in [4.69, 9.17) is 14.2 Å². The summed E-state index contributed by atoms with van der Waals surface area (Å²) in [6.45, 7) is 12.0. The third-order valence-corrected chi connectivity index (χ3v) is 8.86. The fourth-order valence-corrected chi connectivity index (χ4v) is 6.27. The Morgan fingerprint density at radius 1 is 0.581 bits per heavy atom. The van der Waals surface area contributed by atoms with Crippen molar-refractivity contribution >= 4 is 0 Å². The fraction of sp³-hybridized carbons (Fsp3) is 0.500. The topological polar surface area (TPSA) is 27.7 Å². The highest BCUT2D eigenvalue weighted by Gasteiger charge is 2.33. The maximum Gasteiger partial charge on any atom is 0.123 e. The second-order valence-corrected chi connectivity index (χ2v) is 13.2. The second-order valence-electron chi connectivity index (χ2n) is 13.2. The van der Waals surface area contributed by atoms with Crippen LogP contribution in [0.15, 0.2) is 97.1 Å². The SMILES string of the molecule is CC(C)CCOc1ccccc1C1(CCCOCCCC2(c3ccccc3OCCC(C)C)C=CC=CC2)C=CC=CC1. The van der Waals surface area contributed by atoms with Crippen molar-refractivity contribution in [2.45, 2.75) is 89.9 Å². The summed E-state index contributed by atoms with van der Waals surface area (Å²) in [5, 5.41) is 0. The van der Waals surface area contributed by atoms with Crippen LogP contribution in [0.2, 0.25) is 0 Å². The molecular formula is C40H54O3. The normalized spacial score (nSPS) is 21.2. The van der Waals surface area contributed by atoms with Crippen molar-refractivity contribution in [3.63, 3.8) is 0 Å². The van der Waals surface area contributed by atoms with Crippen molar-refractivity contribution in [3.05, 3.63) is 108 Å². The minimum Gasteiger partial charge on any atom is -0.493 e. The average Bonchev–Trinajstić information content (AvgIpc) is 3.02. The Labute approximate surface area is 261 Å². The van der Waals surface area contributed by atoms with Gasteiger partial charge in [0, 0.05) is 35.2 Å². The summed E-state index contributed by atoms with van der Waals surface area (Å²) < 4.78 is 18.9. The number of ether oxygens (including phenoxy) is 3. The second kappa shape index (κ2) is 16.7. The van der Waals surface area contributed by atoms with E-state index in [0.717, 1.165) is 89.3 Å². The van der Waals surface area contributed by atoms with E-state index in [-0.39, 0.29) is 10.8 Å². The van der Waals surface area contributed by atoms with Gasteiger partial charge in [-0.25, -0.2) is 0 Å². The minimum absolute atomic E-state index is 0.0465. The van der Waals surface area contributed by atoms with Gasteiger partial charge < -0.3 is 14.2 Å². The van der Waals surface area contributed by atoms with E-state index in [1.165, 1.54) is 11.1 Å². The molecular weight excluding hydrogens is 528 g/mol. The lowest BCUT2D eigenvalue weighted by molar-refractivity contribution is 0.119. The first kappa shape index (κ1) is 32.9. The quantitative estimate of drug-likeness (QED) is 0.164. The highest BCUT2D eigenvalue weighted by molar-refractivity contribution is 5.46. The van der Waals surface area contributed by atoms with Crippen LogP contribution in [0.5, 0.6) is 11.5 Å². The van der Waals surface area contributed by atoms with Gasteiger partial charge in [-0.15, -0.1) is 0 Å². The summed E-state index contributed by atoms with van der Waals surface area (Å²) in [4.78, 5) is 0. The van der Waals surface area contributed by atoms with Crippen LogP contribution >= 0.6 is 0 Å². The first-order chi connectivity index (χ1) is 20.9. The highest BCUT2D eigenvalue weighted by Crippen LogP contribution is 2.43. The van der Waals surface area contributed by atoms with Gasteiger partial charge in [0.1, 0.15) is 11.5 Å². The average molecular weight is 583 g/mol. The molecule has 2 unspecified atom stereocenters. The van der Waals surface area contributed by atoms with Crippen LogP contribution in [0.3, 0.4) is 0 Å². The molecule has 2 aliphatic carbocycles. The van der Waals surface area contributed by atoms with Gasteiger partial charge in [0.25, 0.3) is 0 Å². The van der Waals surface area contributed by atoms with Crippen LogP contribution in [-0.2, 0) is 15.6 Å². The number of para-hydroxylation sites is 2. The molecule has 3 heteroatoms. The number of hydrogen-bond donors (Lipinski definition) is 0. The molecule has 2 aromatic rings.